The Morgan fingerprint density at radius 3 is 2.42 bits per heavy atom. The monoisotopic (exact) mass is 570 g/mol. The summed E-state index contributed by atoms with van der Waals surface area (Å²) in [6.45, 7) is 9.52. The molecule has 0 amide bonds. The molecule has 1 spiro atoms. The predicted molar refractivity (Wildman–Crippen MR) is 145 cm³/mol. The number of aliphatic imine (C=N–C) groups is 1. The summed E-state index contributed by atoms with van der Waals surface area (Å²) in [7, 11) is 0. The molecule has 0 radical (unpaired) electrons. The first-order valence-electron chi connectivity index (χ1n) is 12.8. The first kappa shape index (κ1) is 26.7. The Morgan fingerprint density at radius 1 is 1.12 bits per heavy atom. The summed E-state index contributed by atoms with van der Waals surface area (Å²) in [5.74, 6) is 0.926. The average Bonchev–Trinajstić information content (AvgIpc) is 3.33. The average molecular weight is 571 g/mol. The summed E-state index contributed by atoms with van der Waals surface area (Å²) < 4.78 is 6.07. The van der Waals surface area contributed by atoms with Crippen LogP contribution < -0.4 is 10.6 Å². The molecule has 4 rings (SSSR count). The zero-order valence-corrected chi connectivity index (χ0v) is 22.7. The Balaban J connectivity index is 0.00000306. The zero-order valence-electron chi connectivity index (χ0n) is 20.4. The number of benzene rings is 1. The molecule has 3 fully saturated rings. The quantitative estimate of drug-likeness (QED) is 0.250. The molecule has 6 nitrogen and oxygen atoms in total. The maximum absolute atomic E-state index is 9.69. The van der Waals surface area contributed by atoms with Crippen molar-refractivity contribution in [2.24, 2.45) is 10.4 Å². The van der Waals surface area contributed by atoms with Crippen molar-refractivity contribution < 1.29 is 9.84 Å². The van der Waals surface area contributed by atoms with Crippen LogP contribution in [0.3, 0.4) is 0 Å². The molecule has 2 saturated carbocycles. The van der Waals surface area contributed by atoms with E-state index in [4.69, 9.17) is 9.73 Å². The Kier molecular flexibility index (Phi) is 10.3. The SMILES string of the molecule is CCNC(=NCc1ccc(CN2CCC(O)CC2)cc1)NC1CC(OCC)C12CCCC2.I. The number of likely N-dealkylation sites (tertiary alicyclic amines) is 1. The van der Waals surface area contributed by atoms with Crippen LogP contribution in [0.25, 0.3) is 0 Å². The van der Waals surface area contributed by atoms with Gasteiger partial charge in [-0.05, 0) is 57.1 Å². The summed E-state index contributed by atoms with van der Waals surface area (Å²) in [6.07, 6.45) is 8.34. The predicted octanol–water partition coefficient (Wildman–Crippen LogP) is 4.05. The second kappa shape index (κ2) is 12.7. The fourth-order valence-electron chi connectivity index (χ4n) is 5.83. The van der Waals surface area contributed by atoms with Gasteiger partial charge < -0.3 is 20.5 Å². The molecule has 186 valence electrons. The van der Waals surface area contributed by atoms with E-state index in [1.807, 2.05) is 0 Å². The van der Waals surface area contributed by atoms with Crippen molar-refractivity contribution in [2.75, 3.05) is 26.2 Å². The van der Waals surface area contributed by atoms with Crippen LogP contribution in [0.5, 0.6) is 0 Å². The van der Waals surface area contributed by atoms with Crippen molar-refractivity contribution in [1.29, 1.82) is 0 Å². The van der Waals surface area contributed by atoms with Gasteiger partial charge >= 0.3 is 0 Å². The molecular formula is C26H43IN4O2. The van der Waals surface area contributed by atoms with Crippen LogP contribution in [0.1, 0.15) is 69.9 Å². The van der Waals surface area contributed by atoms with E-state index in [1.165, 1.54) is 36.8 Å². The van der Waals surface area contributed by atoms with Gasteiger partial charge in [-0.15, -0.1) is 24.0 Å². The van der Waals surface area contributed by atoms with Gasteiger partial charge in [-0.2, -0.15) is 0 Å². The molecule has 7 heteroatoms. The summed E-state index contributed by atoms with van der Waals surface area (Å²) in [4.78, 5) is 7.33. The van der Waals surface area contributed by atoms with E-state index in [-0.39, 0.29) is 30.1 Å². The van der Waals surface area contributed by atoms with E-state index >= 15 is 0 Å². The minimum absolute atomic E-state index is 0. The van der Waals surface area contributed by atoms with Crippen molar-refractivity contribution in [2.45, 2.75) is 90.1 Å². The van der Waals surface area contributed by atoms with E-state index in [0.29, 0.717) is 24.1 Å². The smallest absolute Gasteiger partial charge is 0.191 e. The molecular weight excluding hydrogens is 527 g/mol. The van der Waals surface area contributed by atoms with Crippen LogP contribution in [-0.4, -0.2) is 60.5 Å². The van der Waals surface area contributed by atoms with Crippen molar-refractivity contribution in [3.8, 4) is 0 Å². The third kappa shape index (κ3) is 6.61. The van der Waals surface area contributed by atoms with Gasteiger partial charge in [0.15, 0.2) is 5.96 Å². The van der Waals surface area contributed by atoms with E-state index in [9.17, 15) is 5.11 Å². The lowest BCUT2D eigenvalue weighted by Crippen LogP contribution is -2.65. The number of guanidine groups is 1. The van der Waals surface area contributed by atoms with Crippen molar-refractivity contribution in [1.82, 2.24) is 15.5 Å². The van der Waals surface area contributed by atoms with Crippen molar-refractivity contribution in [3.05, 3.63) is 35.4 Å². The Hall–Kier alpha value is -0.900. The number of rotatable bonds is 8. The first-order valence-corrected chi connectivity index (χ1v) is 12.8. The second-order valence-electron chi connectivity index (χ2n) is 9.84. The van der Waals surface area contributed by atoms with E-state index in [1.54, 1.807) is 0 Å². The van der Waals surface area contributed by atoms with Crippen LogP contribution >= 0.6 is 24.0 Å². The largest absolute Gasteiger partial charge is 0.393 e. The lowest BCUT2D eigenvalue weighted by Gasteiger charge is -2.54. The van der Waals surface area contributed by atoms with Gasteiger partial charge in [-0.25, -0.2) is 4.99 Å². The van der Waals surface area contributed by atoms with E-state index in [2.05, 4.69) is 53.6 Å². The standard InChI is InChI=1S/C26H42N4O2.HI/c1-3-27-25(29-23-17-24(32-4-2)26(23)13-5-6-14-26)28-18-20-7-9-21(10-8-20)19-30-15-11-22(31)12-16-30;/h7-10,22-24,31H,3-6,11-19H2,1-2H3,(H2,27,28,29);1H. The minimum atomic E-state index is -0.112. The molecule has 1 heterocycles. The highest BCUT2D eigenvalue weighted by atomic mass is 127. The Bertz CT molecular complexity index is 743. The first-order chi connectivity index (χ1) is 15.6. The van der Waals surface area contributed by atoms with Crippen molar-refractivity contribution in [3.63, 3.8) is 0 Å². The normalized spacial score (nSPS) is 25.5. The van der Waals surface area contributed by atoms with Crippen LogP contribution in [-0.2, 0) is 17.8 Å². The van der Waals surface area contributed by atoms with Gasteiger partial charge in [0.2, 0.25) is 0 Å². The number of halogens is 1. The van der Waals surface area contributed by atoms with Crippen LogP contribution in [0.15, 0.2) is 29.3 Å². The summed E-state index contributed by atoms with van der Waals surface area (Å²) >= 11 is 0. The number of nitrogens with zero attached hydrogens (tertiary/aromatic N) is 2. The van der Waals surface area contributed by atoms with Gasteiger partial charge in [0.1, 0.15) is 0 Å². The van der Waals surface area contributed by atoms with Gasteiger partial charge in [0, 0.05) is 44.2 Å². The maximum Gasteiger partial charge on any atom is 0.191 e. The Morgan fingerprint density at radius 2 is 1.79 bits per heavy atom. The van der Waals surface area contributed by atoms with Crippen LogP contribution in [0.2, 0.25) is 0 Å². The minimum Gasteiger partial charge on any atom is -0.393 e. The molecule has 1 saturated heterocycles. The molecule has 3 N–H and O–H groups in total. The molecule has 2 aliphatic carbocycles. The molecule has 33 heavy (non-hydrogen) atoms. The van der Waals surface area contributed by atoms with Gasteiger partial charge in [-0.3, -0.25) is 4.90 Å². The third-order valence-electron chi connectivity index (χ3n) is 7.75. The number of piperidine rings is 1. The maximum atomic E-state index is 9.69. The number of hydrogen-bond acceptors (Lipinski definition) is 4. The molecule has 3 aliphatic rings. The molecule has 1 aromatic rings. The number of aliphatic hydroxyl groups is 1. The van der Waals surface area contributed by atoms with E-state index < -0.39 is 0 Å². The highest BCUT2D eigenvalue weighted by Gasteiger charge is 2.56. The number of aliphatic hydroxyl groups excluding tert-OH is 1. The fraction of sp³-hybridized carbons (Fsp3) is 0.731. The van der Waals surface area contributed by atoms with Gasteiger partial charge in [0.05, 0.1) is 18.8 Å². The zero-order chi connectivity index (χ0) is 22.4. The second-order valence-corrected chi connectivity index (χ2v) is 9.84. The van der Waals surface area contributed by atoms with Crippen LogP contribution in [0.4, 0.5) is 0 Å². The molecule has 0 bridgehead atoms. The highest BCUT2D eigenvalue weighted by molar-refractivity contribution is 14.0. The summed E-state index contributed by atoms with van der Waals surface area (Å²) in [5, 5.41) is 16.9. The Labute approximate surface area is 217 Å². The summed E-state index contributed by atoms with van der Waals surface area (Å²) in [6, 6.07) is 9.32. The highest BCUT2D eigenvalue weighted by Crippen LogP contribution is 2.54. The number of hydrogen-bond donors (Lipinski definition) is 3. The summed E-state index contributed by atoms with van der Waals surface area (Å²) in [5.41, 5.74) is 2.87. The molecule has 1 aliphatic heterocycles. The van der Waals surface area contributed by atoms with Gasteiger partial charge in [0.25, 0.3) is 0 Å². The lowest BCUT2D eigenvalue weighted by molar-refractivity contribution is -0.125. The van der Waals surface area contributed by atoms with Gasteiger partial charge in [-0.1, -0.05) is 37.1 Å². The molecule has 2 atom stereocenters. The topological polar surface area (TPSA) is 69.1 Å². The number of nitrogens with one attached hydrogen (secondary N) is 2. The van der Waals surface area contributed by atoms with Crippen molar-refractivity contribution >= 4 is 29.9 Å². The molecule has 1 aromatic carbocycles. The third-order valence-corrected chi connectivity index (χ3v) is 7.75. The fourth-order valence-corrected chi connectivity index (χ4v) is 5.83. The number of ether oxygens (including phenoxy) is 1. The lowest BCUT2D eigenvalue weighted by atomic mass is 9.60. The molecule has 0 aromatic heterocycles. The van der Waals surface area contributed by atoms with Crippen LogP contribution in [0, 0.1) is 5.41 Å². The molecule has 2 unspecified atom stereocenters. The van der Waals surface area contributed by atoms with E-state index in [0.717, 1.165) is 58.0 Å².